The van der Waals surface area contributed by atoms with Crippen LogP contribution in [-0.4, -0.2) is 12.5 Å². The maximum Gasteiger partial charge on any atom is 0.251 e. The molecule has 0 spiro atoms. The van der Waals surface area contributed by atoms with Gasteiger partial charge in [0.15, 0.2) is 0 Å². The Labute approximate surface area is 153 Å². The molecule has 0 aliphatic rings. The van der Waals surface area contributed by atoms with Gasteiger partial charge in [-0.1, -0.05) is 60.1 Å². The maximum absolute atomic E-state index is 12.5. The van der Waals surface area contributed by atoms with Gasteiger partial charge in [0.2, 0.25) is 0 Å². The van der Waals surface area contributed by atoms with Crippen LogP contribution in [0.3, 0.4) is 0 Å². The number of hydrogen-bond acceptors (Lipinski definition) is 1. The normalized spacial score (nSPS) is 14.8. The summed E-state index contributed by atoms with van der Waals surface area (Å²) in [6.07, 6.45) is 2.21. The average molecular weight is 352 g/mol. The highest BCUT2D eigenvalue weighted by Crippen LogP contribution is 2.44. The molecule has 1 rings (SSSR count). The Balaban J connectivity index is 2.94. The Morgan fingerprint density at radius 1 is 1.08 bits per heavy atom. The van der Waals surface area contributed by atoms with E-state index in [1.54, 1.807) is 24.3 Å². The van der Waals surface area contributed by atoms with Crippen LogP contribution in [0.4, 0.5) is 0 Å². The molecule has 0 radical (unpaired) electrons. The predicted octanol–water partition coefficient (Wildman–Crippen LogP) is 6.19. The summed E-state index contributed by atoms with van der Waals surface area (Å²) in [6, 6.07) is 7.08. The molecule has 3 heteroatoms. The molecule has 0 fully saturated rings. The first-order chi connectivity index (χ1) is 10.9. The summed E-state index contributed by atoms with van der Waals surface area (Å²) in [6.45, 7) is 16.6. The van der Waals surface area contributed by atoms with Gasteiger partial charge in [0.05, 0.1) is 0 Å². The van der Waals surface area contributed by atoms with Crippen LogP contribution in [0.5, 0.6) is 0 Å². The third-order valence-corrected chi connectivity index (χ3v) is 4.88. The molecule has 1 aromatic rings. The molecular weight excluding hydrogens is 318 g/mol. The molecule has 2 nitrogen and oxygen atoms in total. The smallest absolute Gasteiger partial charge is 0.251 e. The minimum atomic E-state index is -0.0191. The fourth-order valence-electron chi connectivity index (χ4n) is 3.68. The summed E-state index contributed by atoms with van der Waals surface area (Å²) < 4.78 is 0. The van der Waals surface area contributed by atoms with Crippen LogP contribution >= 0.6 is 11.6 Å². The average Bonchev–Trinajstić information content (AvgIpc) is 2.42. The second kappa shape index (κ2) is 8.38. The summed E-state index contributed by atoms with van der Waals surface area (Å²) in [5, 5.41) is 3.84. The summed E-state index contributed by atoms with van der Waals surface area (Å²) >= 11 is 5.91. The number of hydrogen-bond donors (Lipinski definition) is 1. The van der Waals surface area contributed by atoms with Crippen LogP contribution in [0.15, 0.2) is 24.3 Å². The summed E-state index contributed by atoms with van der Waals surface area (Å²) in [4.78, 5) is 12.5. The molecule has 24 heavy (non-hydrogen) atoms. The van der Waals surface area contributed by atoms with E-state index in [0.717, 1.165) is 12.8 Å². The van der Waals surface area contributed by atoms with Crippen LogP contribution < -0.4 is 5.32 Å². The summed E-state index contributed by atoms with van der Waals surface area (Å²) in [5.41, 5.74) is 0.996. The first kappa shape index (κ1) is 21.0. The first-order valence-electron chi connectivity index (χ1n) is 8.99. The van der Waals surface area contributed by atoms with Gasteiger partial charge in [-0.15, -0.1) is 0 Å². The van der Waals surface area contributed by atoms with Gasteiger partial charge in [0, 0.05) is 17.1 Å². The number of rotatable bonds is 7. The second-order valence-corrected chi connectivity index (χ2v) is 9.48. The molecule has 0 saturated carbocycles. The van der Waals surface area contributed by atoms with E-state index >= 15 is 0 Å². The van der Waals surface area contributed by atoms with Crippen molar-refractivity contribution >= 4 is 17.5 Å². The lowest BCUT2D eigenvalue weighted by Crippen LogP contribution is -2.44. The van der Waals surface area contributed by atoms with Crippen LogP contribution in [-0.2, 0) is 0 Å². The number of carbonyl (C=O) groups excluding carboxylic acids is 1. The van der Waals surface area contributed by atoms with E-state index in [0.29, 0.717) is 29.0 Å². The van der Waals surface area contributed by atoms with Crippen molar-refractivity contribution < 1.29 is 4.79 Å². The van der Waals surface area contributed by atoms with Gasteiger partial charge < -0.3 is 5.32 Å². The summed E-state index contributed by atoms with van der Waals surface area (Å²) in [7, 11) is 0. The molecule has 0 bridgehead atoms. The molecule has 1 atom stereocenters. The standard InChI is InChI=1S/C21H34ClNO/c1-15(2)12-21(16(3)4,13-20(5,6)7)14-23-19(24)17-8-10-18(22)11-9-17/h8-11,15-16H,12-14H2,1-7H3,(H,23,24). The van der Waals surface area contributed by atoms with Gasteiger partial charge >= 0.3 is 0 Å². The minimum absolute atomic E-state index is 0.0191. The maximum atomic E-state index is 12.5. The minimum Gasteiger partial charge on any atom is -0.351 e. The van der Waals surface area contributed by atoms with Crippen molar-refractivity contribution in [1.29, 1.82) is 0 Å². The van der Waals surface area contributed by atoms with Crippen molar-refractivity contribution in [2.45, 2.75) is 61.3 Å². The van der Waals surface area contributed by atoms with Gasteiger partial charge in [-0.2, -0.15) is 0 Å². The van der Waals surface area contributed by atoms with Crippen molar-refractivity contribution in [3.63, 3.8) is 0 Å². The van der Waals surface area contributed by atoms with E-state index in [1.807, 2.05) is 0 Å². The van der Waals surface area contributed by atoms with Crippen molar-refractivity contribution in [2.75, 3.05) is 6.54 Å². The fourth-order valence-corrected chi connectivity index (χ4v) is 3.81. The highest BCUT2D eigenvalue weighted by molar-refractivity contribution is 6.30. The lowest BCUT2D eigenvalue weighted by Gasteiger charge is -2.43. The fraction of sp³-hybridized carbons (Fsp3) is 0.667. The van der Waals surface area contributed by atoms with Crippen molar-refractivity contribution in [2.24, 2.45) is 22.7 Å². The SMILES string of the molecule is CC(C)CC(CNC(=O)c1ccc(Cl)cc1)(CC(C)(C)C)C(C)C. The van der Waals surface area contributed by atoms with Crippen LogP contribution in [0.2, 0.25) is 5.02 Å². The number of amides is 1. The highest BCUT2D eigenvalue weighted by Gasteiger charge is 2.38. The molecule has 1 aromatic carbocycles. The zero-order valence-corrected chi connectivity index (χ0v) is 17.1. The Morgan fingerprint density at radius 2 is 1.62 bits per heavy atom. The molecule has 0 aliphatic heterocycles. The Bertz CT molecular complexity index is 528. The molecule has 0 aliphatic carbocycles. The van der Waals surface area contributed by atoms with E-state index in [1.165, 1.54) is 0 Å². The molecule has 0 saturated heterocycles. The number of carbonyl (C=O) groups is 1. The zero-order chi connectivity index (χ0) is 18.5. The lowest BCUT2D eigenvalue weighted by atomic mass is 9.63. The number of benzene rings is 1. The molecule has 1 unspecified atom stereocenters. The van der Waals surface area contributed by atoms with Crippen molar-refractivity contribution in [1.82, 2.24) is 5.32 Å². The quantitative estimate of drug-likeness (QED) is 0.623. The van der Waals surface area contributed by atoms with Gasteiger partial charge in [-0.3, -0.25) is 4.79 Å². The van der Waals surface area contributed by atoms with E-state index in [4.69, 9.17) is 11.6 Å². The topological polar surface area (TPSA) is 29.1 Å². The lowest BCUT2D eigenvalue weighted by molar-refractivity contribution is 0.0690. The van der Waals surface area contributed by atoms with E-state index in [2.05, 4.69) is 53.8 Å². The monoisotopic (exact) mass is 351 g/mol. The molecule has 136 valence electrons. The largest absolute Gasteiger partial charge is 0.351 e. The highest BCUT2D eigenvalue weighted by atomic mass is 35.5. The first-order valence-corrected chi connectivity index (χ1v) is 9.37. The van der Waals surface area contributed by atoms with Crippen LogP contribution in [0, 0.1) is 22.7 Å². The van der Waals surface area contributed by atoms with E-state index < -0.39 is 0 Å². The Hall–Kier alpha value is -1.02. The van der Waals surface area contributed by atoms with Crippen molar-refractivity contribution in [3.05, 3.63) is 34.9 Å². The van der Waals surface area contributed by atoms with Gasteiger partial charge in [0.25, 0.3) is 5.91 Å². The van der Waals surface area contributed by atoms with Crippen molar-refractivity contribution in [3.8, 4) is 0 Å². The molecule has 1 amide bonds. The predicted molar refractivity (Wildman–Crippen MR) is 105 cm³/mol. The van der Waals surface area contributed by atoms with Gasteiger partial charge in [-0.25, -0.2) is 0 Å². The summed E-state index contributed by atoms with van der Waals surface area (Å²) in [5.74, 6) is 1.08. The van der Waals surface area contributed by atoms with Crippen LogP contribution in [0.1, 0.15) is 71.7 Å². The Kier molecular flexibility index (Phi) is 7.34. The third kappa shape index (κ3) is 6.47. The number of halogens is 1. The van der Waals surface area contributed by atoms with E-state index in [-0.39, 0.29) is 16.7 Å². The van der Waals surface area contributed by atoms with Gasteiger partial charge in [-0.05, 0) is 59.8 Å². The molecule has 1 N–H and O–H groups in total. The van der Waals surface area contributed by atoms with E-state index in [9.17, 15) is 4.79 Å². The molecule has 0 aromatic heterocycles. The van der Waals surface area contributed by atoms with Gasteiger partial charge in [0.1, 0.15) is 0 Å². The number of nitrogens with one attached hydrogen (secondary N) is 1. The zero-order valence-electron chi connectivity index (χ0n) is 16.4. The third-order valence-electron chi connectivity index (χ3n) is 4.63. The second-order valence-electron chi connectivity index (χ2n) is 9.04. The Morgan fingerprint density at radius 3 is 2.04 bits per heavy atom. The molecule has 0 heterocycles. The molecular formula is C21H34ClNO. The van der Waals surface area contributed by atoms with Crippen LogP contribution in [0.25, 0.3) is 0 Å².